The summed E-state index contributed by atoms with van der Waals surface area (Å²) in [6.07, 6.45) is 0. The zero-order valence-corrected chi connectivity index (χ0v) is 12.7. The van der Waals surface area contributed by atoms with Gasteiger partial charge in [0.25, 0.3) is 0 Å². The number of hydrogen-bond acceptors (Lipinski definition) is 4. The van der Waals surface area contributed by atoms with Gasteiger partial charge in [-0.25, -0.2) is 8.42 Å². The molecule has 0 spiro atoms. The molecule has 0 bridgehead atoms. The molecule has 3 N–H and O–H groups in total. The first-order valence-electron chi connectivity index (χ1n) is 6.15. The van der Waals surface area contributed by atoms with Gasteiger partial charge in [-0.15, -0.1) is 0 Å². The van der Waals surface area contributed by atoms with Crippen molar-refractivity contribution >= 4 is 21.4 Å². The van der Waals surface area contributed by atoms with Crippen LogP contribution in [0, 0.1) is 5.41 Å². The van der Waals surface area contributed by atoms with Gasteiger partial charge in [-0.05, 0) is 29.7 Å². The number of alkyl halides is 2. The Kier molecular flexibility index (Phi) is 5.06. The minimum absolute atomic E-state index is 0.285. The Morgan fingerprint density at radius 2 is 1.67 bits per heavy atom. The van der Waals surface area contributed by atoms with Crippen molar-refractivity contribution in [1.82, 2.24) is 0 Å². The lowest BCUT2D eigenvalue weighted by Crippen LogP contribution is -2.45. The van der Waals surface area contributed by atoms with Gasteiger partial charge in [0.05, 0.1) is 10.9 Å². The molecule has 0 fully saturated rings. The zero-order chi connectivity index (χ0) is 16.4. The van der Waals surface area contributed by atoms with Crippen LogP contribution in [-0.4, -0.2) is 26.1 Å². The molecule has 1 rings (SSSR count). The monoisotopic (exact) mass is 320 g/mol. The summed E-state index contributed by atoms with van der Waals surface area (Å²) in [6, 6.07) is 3.74. The summed E-state index contributed by atoms with van der Waals surface area (Å²) < 4.78 is 47.2. The van der Waals surface area contributed by atoms with E-state index >= 15 is 0 Å². The first-order valence-corrected chi connectivity index (χ1v) is 7.69. The van der Waals surface area contributed by atoms with Crippen LogP contribution in [0.25, 0.3) is 0 Å². The molecule has 1 aromatic rings. The summed E-state index contributed by atoms with van der Waals surface area (Å²) in [7, 11) is -4.63. The van der Waals surface area contributed by atoms with Crippen LogP contribution in [0.1, 0.15) is 20.8 Å². The predicted molar refractivity (Wildman–Crippen MR) is 75.7 cm³/mol. The van der Waals surface area contributed by atoms with Crippen molar-refractivity contribution in [3.63, 3.8) is 0 Å². The molecule has 0 saturated heterocycles. The maximum atomic E-state index is 12.4. The Labute approximate surface area is 122 Å². The van der Waals surface area contributed by atoms with E-state index in [9.17, 15) is 22.0 Å². The van der Waals surface area contributed by atoms with Crippen molar-refractivity contribution in [3.8, 4) is 0 Å². The van der Waals surface area contributed by atoms with Crippen molar-refractivity contribution < 1.29 is 22.0 Å². The van der Waals surface area contributed by atoms with Crippen LogP contribution in [0.5, 0.6) is 0 Å². The van der Waals surface area contributed by atoms with Crippen LogP contribution in [0.15, 0.2) is 29.2 Å². The van der Waals surface area contributed by atoms with Gasteiger partial charge in [-0.1, -0.05) is 20.8 Å². The van der Waals surface area contributed by atoms with E-state index in [-0.39, 0.29) is 5.69 Å². The summed E-state index contributed by atoms with van der Waals surface area (Å²) in [5, 5.41) is 2.51. The Balaban J connectivity index is 2.88. The highest BCUT2D eigenvalue weighted by Gasteiger charge is 2.28. The molecule has 1 amide bonds. The Hall–Kier alpha value is -1.54. The number of carbonyl (C=O) groups excluding carboxylic acids is 1. The normalized spacial score (nSPS) is 14.0. The molecule has 1 unspecified atom stereocenters. The lowest BCUT2D eigenvalue weighted by atomic mass is 9.87. The number of anilines is 1. The van der Waals surface area contributed by atoms with Crippen molar-refractivity contribution in [1.29, 1.82) is 0 Å². The number of hydrogen-bond donors (Lipinski definition) is 2. The highest BCUT2D eigenvalue weighted by molar-refractivity contribution is 7.91. The Morgan fingerprint density at radius 1 is 1.19 bits per heavy atom. The fourth-order valence-electron chi connectivity index (χ4n) is 1.44. The molecule has 0 aliphatic heterocycles. The third-order valence-corrected chi connectivity index (χ3v) is 4.30. The second-order valence-electron chi connectivity index (χ2n) is 5.66. The number of nitrogens with two attached hydrogens (primary N) is 1. The molecule has 118 valence electrons. The first-order chi connectivity index (χ1) is 9.46. The van der Waals surface area contributed by atoms with E-state index in [1.165, 1.54) is 12.1 Å². The number of halogens is 2. The van der Waals surface area contributed by atoms with Gasteiger partial charge in [0, 0.05) is 5.69 Å². The highest BCUT2D eigenvalue weighted by Crippen LogP contribution is 2.22. The largest absolute Gasteiger partial charge is 0.341 e. The summed E-state index contributed by atoms with van der Waals surface area (Å²) in [6.45, 7) is 5.40. The van der Waals surface area contributed by atoms with Gasteiger partial charge >= 0.3 is 5.76 Å². The Morgan fingerprint density at radius 3 is 2.05 bits per heavy atom. The molecule has 0 aromatic heterocycles. The average molecular weight is 320 g/mol. The molecule has 5 nitrogen and oxygen atoms in total. The molecular weight excluding hydrogens is 302 g/mol. The molecule has 0 heterocycles. The number of amides is 1. The molecule has 1 atom stereocenters. The summed E-state index contributed by atoms with van der Waals surface area (Å²) >= 11 is 0. The van der Waals surface area contributed by atoms with Crippen LogP contribution in [-0.2, 0) is 14.6 Å². The minimum Gasteiger partial charge on any atom is -0.325 e. The van der Waals surface area contributed by atoms with E-state index in [1.807, 2.05) is 0 Å². The van der Waals surface area contributed by atoms with E-state index in [0.29, 0.717) is 0 Å². The van der Waals surface area contributed by atoms with Crippen LogP contribution in [0.4, 0.5) is 14.5 Å². The van der Waals surface area contributed by atoms with E-state index < -0.39 is 37.9 Å². The maximum absolute atomic E-state index is 12.4. The molecule has 21 heavy (non-hydrogen) atoms. The number of rotatable bonds is 4. The summed E-state index contributed by atoms with van der Waals surface area (Å²) in [5.74, 6) is -3.92. The van der Waals surface area contributed by atoms with Crippen molar-refractivity contribution in [2.75, 3.05) is 5.32 Å². The number of nitrogens with one attached hydrogen (secondary N) is 1. The molecule has 1 aromatic carbocycles. The molecular formula is C13H18F2N2O3S. The van der Waals surface area contributed by atoms with E-state index in [2.05, 4.69) is 5.32 Å². The van der Waals surface area contributed by atoms with Gasteiger partial charge in [0.2, 0.25) is 15.7 Å². The molecule has 0 aliphatic carbocycles. The SMILES string of the molecule is CC(C)(C)C(N)C(=O)Nc1ccc(S(=O)(=O)C(F)F)cc1. The molecule has 0 aliphatic rings. The standard InChI is InChI=1S/C13H18F2N2O3S/c1-13(2,3)10(16)11(18)17-8-4-6-9(7-5-8)21(19,20)12(14)15/h4-7,10,12H,16H2,1-3H3,(H,17,18). The lowest BCUT2D eigenvalue weighted by Gasteiger charge is -2.25. The third kappa shape index (κ3) is 4.21. The smallest absolute Gasteiger partial charge is 0.325 e. The van der Waals surface area contributed by atoms with E-state index in [0.717, 1.165) is 12.1 Å². The maximum Gasteiger partial charge on any atom is 0.341 e. The second kappa shape index (κ2) is 6.07. The molecule has 0 saturated carbocycles. The van der Waals surface area contributed by atoms with Crippen molar-refractivity contribution in [3.05, 3.63) is 24.3 Å². The van der Waals surface area contributed by atoms with Crippen LogP contribution in [0.3, 0.4) is 0 Å². The number of sulfone groups is 1. The quantitative estimate of drug-likeness (QED) is 0.888. The molecule has 8 heteroatoms. The minimum atomic E-state index is -4.63. The van der Waals surface area contributed by atoms with Crippen LogP contribution in [0.2, 0.25) is 0 Å². The molecule has 0 radical (unpaired) electrons. The van der Waals surface area contributed by atoms with E-state index in [1.54, 1.807) is 20.8 Å². The lowest BCUT2D eigenvalue weighted by molar-refractivity contribution is -0.119. The van der Waals surface area contributed by atoms with Gasteiger partial charge in [0.15, 0.2) is 0 Å². The summed E-state index contributed by atoms with van der Waals surface area (Å²) in [5.41, 5.74) is 5.62. The third-order valence-electron chi connectivity index (χ3n) is 2.90. The first kappa shape index (κ1) is 17.5. The second-order valence-corrected chi connectivity index (χ2v) is 7.58. The topological polar surface area (TPSA) is 89.3 Å². The summed E-state index contributed by atoms with van der Waals surface area (Å²) in [4.78, 5) is 11.4. The fourth-order valence-corrected chi connectivity index (χ4v) is 2.17. The van der Waals surface area contributed by atoms with Gasteiger partial charge in [0.1, 0.15) is 0 Å². The van der Waals surface area contributed by atoms with Gasteiger partial charge in [-0.3, -0.25) is 4.79 Å². The van der Waals surface area contributed by atoms with E-state index in [4.69, 9.17) is 5.73 Å². The predicted octanol–water partition coefficient (Wildman–Crippen LogP) is 1.99. The van der Waals surface area contributed by atoms with Gasteiger partial charge in [-0.2, -0.15) is 8.78 Å². The van der Waals surface area contributed by atoms with Gasteiger partial charge < -0.3 is 11.1 Å². The van der Waals surface area contributed by atoms with Crippen molar-refractivity contribution in [2.45, 2.75) is 37.5 Å². The zero-order valence-electron chi connectivity index (χ0n) is 11.9. The van der Waals surface area contributed by atoms with Crippen molar-refractivity contribution in [2.24, 2.45) is 11.1 Å². The average Bonchev–Trinajstić information content (AvgIpc) is 2.37. The number of benzene rings is 1. The van der Waals surface area contributed by atoms with Crippen LogP contribution >= 0.6 is 0 Å². The number of carbonyl (C=O) groups is 1. The highest BCUT2D eigenvalue weighted by atomic mass is 32.2. The fraction of sp³-hybridized carbons (Fsp3) is 0.462. The van der Waals surface area contributed by atoms with Crippen LogP contribution < -0.4 is 11.1 Å². The Bertz CT molecular complexity index is 607.